The van der Waals surface area contributed by atoms with E-state index in [2.05, 4.69) is 5.10 Å². The first-order valence-electron chi connectivity index (χ1n) is 6.98. The van der Waals surface area contributed by atoms with Crippen LogP contribution in [0.4, 0.5) is 0 Å². The van der Waals surface area contributed by atoms with Crippen LogP contribution in [0.15, 0.2) is 4.79 Å². The summed E-state index contributed by atoms with van der Waals surface area (Å²) < 4.78 is 27.8. The fourth-order valence-electron chi connectivity index (χ4n) is 2.90. The van der Waals surface area contributed by atoms with E-state index >= 15 is 0 Å². The Labute approximate surface area is 118 Å². The number of aryl methyl sites for hydroxylation is 1. The zero-order chi connectivity index (χ0) is 14.5. The van der Waals surface area contributed by atoms with Crippen molar-refractivity contribution in [2.45, 2.75) is 37.6 Å². The van der Waals surface area contributed by atoms with Gasteiger partial charge in [0.1, 0.15) is 5.82 Å². The quantitative estimate of drug-likeness (QED) is 0.790. The molecule has 2 heterocycles. The number of piperidine rings is 1. The highest BCUT2D eigenvalue weighted by molar-refractivity contribution is 7.88. The van der Waals surface area contributed by atoms with Gasteiger partial charge in [-0.25, -0.2) is 22.2 Å². The highest BCUT2D eigenvalue weighted by Crippen LogP contribution is 2.37. The summed E-state index contributed by atoms with van der Waals surface area (Å²) in [6, 6.07) is 0.305. The van der Waals surface area contributed by atoms with Gasteiger partial charge in [0, 0.05) is 32.1 Å². The number of hydrogen-bond acceptors (Lipinski definition) is 4. The summed E-state index contributed by atoms with van der Waals surface area (Å²) in [6.07, 6.45) is 4.79. The van der Waals surface area contributed by atoms with Crippen molar-refractivity contribution in [3.8, 4) is 0 Å². The Morgan fingerprint density at radius 3 is 2.25 bits per heavy atom. The molecule has 0 unspecified atom stereocenters. The van der Waals surface area contributed by atoms with Crippen LogP contribution in [0, 0.1) is 0 Å². The van der Waals surface area contributed by atoms with Crippen molar-refractivity contribution < 1.29 is 8.42 Å². The zero-order valence-electron chi connectivity index (χ0n) is 11.8. The molecule has 0 radical (unpaired) electrons. The summed E-state index contributed by atoms with van der Waals surface area (Å²) in [5, 5.41) is 4.38. The fourth-order valence-corrected chi connectivity index (χ4v) is 3.77. The van der Waals surface area contributed by atoms with Crippen LogP contribution in [0.2, 0.25) is 0 Å². The molecule has 1 aliphatic heterocycles. The molecule has 0 atom stereocenters. The van der Waals surface area contributed by atoms with E-state index in [1.54, 1.807) is 7.05 Å². The minimum absolute atomic E-state index is 0.0481. The lowest BCUT2D eigenvalue weighted by atomic mass is 9.97. The van der Waals surface area contributed by atoms with E-state index in [0.29, 0.717) is 19.1 Å². The SMILES string of the molecule is Cn1nc(C2CCN(S(C)(=O)=O)CC2)n(C2CC2)c1=O. The lowest BCUT2D eigenvalue weighted by Gasteiger charge is -2.29. The van der Waals surface area contributed by atoms with Gasteiger partial charge in [-0.05, 0) is 25.7 Å². The molecule has 1 aromatic rings. The molecule has 1 saturated heterocycles. The van der Waals surface area contributed by atoms with Crippen LogP contribution in [-0.4, -0.2) is 46.4 Å². The van der Waals surface area contributed by atoms with E-state index in [1.807, 2.05) is 4.57 Å². The first-order valence-corrected chi connectivity index (χ1v) is 8.83. The Morgan fingerprint density at radius 2 is 1.75 bits per heavy atom. The second-order valence-corrected chi connectivity index (χ2v) is 7.78. The van der Waals surface area contributed by atoms with Gasteiger partial charge in [0.05, 0.1) is 6.26 Å². The molecule has 8 heteroatoms. The van der Waals surface area contributed by atoms with Crippen molar-refractivity contribution in [1.29, 1.82) is 0 Å². The molecule has 0 aromatic carbocycles. The summed E-state index contributed by atoms with van der Waals surface area (Å²) in [4.78, 5) is 12.1. The van der Waals surface area contributed by atoms with Gasteiger partial charge >= 0.3 is 5.69 Å². The average molecular weight is 300 g/mol. The Balaban J connectivity index is 1.82. The van der Waals surface area contributed by atoms with Crippen molar-refractivity contribution in [3.63, 3.8) is 0 Å². The van der Waals surface area contributed by atoms with E-state index in [0.717, 1.165) is 31.5 Å². The van der Waals surface area contributed by atoms with Gasteiger partial charge < -0.3 is 0 Å². The molecule has 0 bridgehead atoms. The van der Waals surface area contributed by atoms with Gasteiger partial charge in [0.15, 0.2) is 0 Å². The monoisotopic (exact) mass is 300 g/mol. The van der Waals surface area contributed by atoms with Crippen molar-refractivity contribution in [3.05, 3.63) is 16.3 Å². The van der Waals surface area contributed by atoms with E-state index in [-0.39, 0.29) is 11.6 Å². The lowest BCUT2D eigenvalue weighted by Crippen LogP contribution is -2.37. The summed E-state index contributed by atoms with van der Waals surface area (Å²) in [6.45, 7) is 1.03. The van der Waals surface area contributed by atoms with Crippen molar-refractivity contribution in [2.24, 2.45) is 7.05 Å². The van der Waals surface area contributed by atoms with E-state index in [9.17, 15) is 13.2 Å². The molecule has 1 aliphatic carbocycles. The van der Waals surface area contributed by atoms with Crippen molar-refractivity contribution in [2.75, 3.05) is 19.3 Å². The molecule has 112 valence electrons. The van der Waals surface area contributed by atoms with E-state index in [1.165, 1.54) is 15.2 Å². The number of nitrogens with zero attached hydrogens (tertiary/aromatic N) is 4. The molecule has 3 rings (SSSR count). The maximum Gasteiger partial charge on any atom is 0.345 e. The van der Waals surface area contributed by atoms with E-state index < -0.39 is 10.0 Å². The second-order valence-electron chi connectivity index (χ2n) is 5.80. The smallest absolute Gasteiger partial charge is 0.276 e. The Bertz CT molecular complexity index is 663. The molecule has 20 heavy (non-hydrogen) atoms. The summed E-state index contributed by atoms with van der Waals surface area (Å²) >= 11 is 0. The highest BCUT2D eigenvalue weighted by Gasteiger charge is 2.34. The molecule has 0 N–H and O–H groups in total. The Morgan fingerprint density at radius 1 is 1.15 bits per heavy atom. The van der Waals surface area contributed by atoms with Gasteiger partial charge in [0.25, 0.3) is 0 Å². The van der Waals surface area contributed by atoms with Gasteiger partial charge in [-0.3, -0.25) is 4.57 Å². The first-order chi connectivity index (χ1) is 9.38. The molecular formula is C12H20N4O3S. The summed E-state index contributed by atoms with van der Waals surface area (Å²) in [7, 11) is -1.43. The summed E-state index contributed by atoms with van der Waals surface area (Å²) in [5.74, 6) is 1.02. The van der Waals surface area contributed by atoms with Crippen LogP contribution < -0.4 is 5.69 Å². The third-order valence-corrected chi connectivity index (χ3v) is 5.49. The highest BCUT2D eigenvalue weighted by atomic mass is 32.2. The maximum atomic E-state index is 12.1. The minimum atomic E-state index is -3.11. The zero-order valence-corrected chi connectivity index (χ0v) is 12.6. The standard InChI is InChI=1S/C12H20N4O3S/c1-14-12(17)16(10-3-4-10)11(13-14)9-5-7-15(8-6-9)20(2,18)19/h9-10H,3-8H2,1-2H3. The van der Waals surface area contributed by atoms with Crippen LogP contribution in [0.25, 0.3) is 0 Å². The van der Waals surface area contributed by atoms with Gasteiger partial charge in [-0.2, -0.15) is 5.10 Å². The molecule has 7 nitrogen and oxygen atoms in total. The Hall–Kier alpha value is -1.15. The Kier molecular flexibility index (Phi) is 3.24. The average Bonchev–Trinajstić information content (AvgIpc) is 3.17. The van der Waals surface area contributed by atoms with Crippen molar-refractivity contribution in [1.82, 2.24) is 18.7 Å². The largest absolute Gasteiger partial charge is 0.345 e. The van der Waals surface area contributed by atoms with Crippen molar-refractivity contribution >= 4 is 10.0 Å². The number of rotatable bonds is 3. The minimum Gasteiger partial charge on any atom is -0.276 e. The second kappa shape index (κ2) is 4.70. The molecule has 0 spiro atoms. The topological polar surface area (TPSA) is 77.2 Å². The van der Waals surface area contributed by atoms with Crippen LogP contribution >= 0.6 is 0 Å². The molecule has 1 aromatic heterocycles. The molecule has 2 aliphatic rings. The number of aromatic nitrogens is 3. The third kappa shape index (κ3) is 2.42. The summed E-state index contributed by atoms with van der Waals surface area (Å²) in [5.41, 5.74) is -0.0481. The van der Waals surface area contributed by atoms with Gasteiger partial charge in [0.2, 0.25) is 10.0 Å². The molecular weight excluding hydrogens is 280 g/mol. The van der Waals surface area contributed by atoms with Gasteiger partial charge in [-0.15, -0.1) is 0 Å². The van der Waals surface area contributed by atoms with Crippen LogP contribution in [-0.2, 0) is 17.1 Å². The van der Waals surface area contributed by atoms with Crippen LogP contribution in [0.1, 0.15) is 43.5 Å². The predicted molar refractivity (Wildman–Crippen MR) is 74.1 cm³/mol. The molecule has 0 amide bonds. The lowest BCUT2D eigenvalue weighted by molar-refractivity contribution is 0.310. The number of sulfonamides is 1. The third-order valence-electron chi connectivity index (χ3n) is 4.18. The van der Waals surface area contributed by atoms with Gasteiger partial charge in [-0.1, -0.05) is 0 Å². The normalized spacial score (nSPS) is 22.3. The van der Waals surface area contributed by atoms with Crippen LogP contribution in [0.5, 0.6) is 0 Å². The number of hydrogen-bond donors (Lipinski definition) is 0. The van der Waals surface area contributed by atoms with E-state index in [4.69, 9.17) is 0 Å². The molecule has 2 fully saturated rings. The first kappa shape index (κ1) is 13.8. The predicted octanol–water partition coefficient (Wildman–Crippen LogP) is 0.0557. The fraction of sp³-hybridized carbons (Fsp3) is 0.833. The molecule has 1 saturated carbocycles. The maximum absolute atomic E-state index is 12.1. The van der Waals surface area contributed by atoms with Crippen LogP contribution in [0.3, 0.4) is 0 Å².